The van der Waals surface area contributed by atoms with Crippen molar-refractivity contribution in [3.8, 4) is 22.8 Å². The van der Waals surface area contributed by atoms with Crippen molar-refractivity contribution in [3.05, 3.63) is 65.9 Å². The standard InChI is InChI=1S/C24H27N3O3/c28-16-21-8-4-5-11-26(21)14-20-15-27(13-18-6-2-1-3-7-18)25-24(20)19-9-10-22-23(12-19)30-17-29-22/h1-3,6-7,9-10,12,15,21,28H,4-5,8,11,13-14,16-17H2. The summed E-state index contributed by atoms with van der Waals surface area (Å²) in [7, 11) is 0. The largest absolute Gasteiger partial charge is 0.454 e. The zero-order chi connectivity index (χ0) is 20.3. The summed E-state index contributed by atoms with van der Waals surface area (Å²) >= 11 is 0. The fourth-order valence-corrected chi connectivity index (χ4v) is 4.41. The van der Waals surface area contributed by atoms with Crippen LogP contribution in [0.4, 0.5) is 0 Å². The van der Waals surface area contributed by atoms with Gasteiger partial charge in [0.25, 0.3) is 0 Å². The minimum atomic E-state index is 0.206. The van der Waals surface area contributed by atoms with Crippen LogP contribution in [0, 0.1) is 0 Å². The van der Waals surface area contributed by atoms with E-state index in [1.165, 1.54) is 24.0 Å². The van der Waals surface area contributed by atoms with E-state index < -0.39 is 0 Å². The number of hydrogen-bond acceptors (Lipinski definition) is 5. The molecule has 1 saturated heterocycles. The second-order valence-corrected chi connectivity index (χ2v) is 8.06. The molecular weight excluding hydrogens is 378 g/mol. The second kappa shape index (κ2) is 8.50. The minimum Gasteiger partial charge on any atom is -0.454 e. The lowest BCUT2D eigenvalue weighted by Crippen LogP contribution is -2.41. The van der Waals surface area contributed by atoms with Gasteiger partial charge in [0.05, 0.1) is 18.8 Å². The Hall–Kier alpha value is -2.83. The number of benzene rings is 2. The first kappa shape index (κ1) is 19.2. The monoisotopic (exact) mass is 405 g/mol. The van der Waals surface area contributed by atoms with Gasteiger partial charge in [0.15, 0.2) is 11.5 Å². The van der Waals surface area contributed by atoms with Gasteiger partial charge in [0, 0.05) is 29.9 Å². The van der Waals surface area contributed by atoms with Gasteiger partial charge >= 0.3 is 0 Å². The molecule has 2 aliphatic heterocycles. The fourth-order valence-electron chi connectivity index (χ4n) is 4.41. The molecule has 1 unspecified atom stereocenters. The molecular formula is C24H27N3O3. The zero-order valence-corrected chi connectivity index (χ0v) is 17.0. The number of hydrogen-bond donors (Lipinski definition) is 1. The van der Waals surface area contributed by atoms with Gasteiger partial charge in [-0.05, 0) is 43.1 Å². The smallest absolute Gasteiger partial charge is 0.231 e. The highest BCUT2D eigenvalue weighted by atomic mass is 16.7. The van der Waals surface area contributed by atoms with Crippen molar-refractivity contribution >= 4 is 0 Å². The summed E-state index contributed by atoms with van der Waals surface area (Å²) in [5.41, 5.74) is 4.38. The summed E-state index contributed by atoms with van der Waals surface area (Å²) < 4.78 is 13.1. The number of fused-ring (bicyclic) bond motifs is 1. The van der Waals surface area contributed by atoms with Crippen molar-refractivity contribution in [1.82, 2.24) is 14.7 Å². The van der Waals surface area contributed by atoms with Gasteiger partial charge in [-0.3, -0.25) is 9.58 Å². The van der Waals surface area contributed by atoms with Crippen LogP contribution in [0.2, 0.25) is 0 Å². The Morgan fingerprint density at radius 3 is 2.73 bits per heavy atom. The van der Waals surface area contributed by atoms with Gasteiger partial charge in [0.1, 0.15) is 0 Å². The van der Waals surface area contributed by atoms with E-state index in [1.54, 1.807) is 0 Å². The molecule has 6 heteroatoms. The first-order chi connectivity index (χ1) is 14.8. The van der Waals surface area contributed by atoms with Gasteiger partial charge in [0.2, 0.25) is 6.79 Å². The highest BCUT2D eigenvalue weighted by Crippen LogP contribution is 2.37. The fraction of sp³-hybridized carbons (Fsp3) is 0.375. The van der Waals surface area contributed by atoms with E-state index in [0.29, 0.717) is 0 Å². The lowest BCUT2D eigenvalue weighted by atomic mass is 10.0. The van der Waals surface area contributed by atoms with Crippen molar-refractivity contribution in [3.63, 3.8) is 0 Å². The summed E-state index contributed by atoms with van der Waals surface area (Å²) in [6, 6.07) is 16.6. The van der Waals surface area contributed by atoms with Gasteiger partial charge in [-0.25, -0.2) is 0 Å². The predicted octanol–water partition coefficient (Wildman–Crippen LogP) is 3.67. The van der Waals surface area contributed by atoms with Crippen LogP contribution in [0.1, 0.15) is 30.4 Å². The summed E-state index contributed by atoms with van der Waals surface area (Å²) in [5.74, 6) is 1.54. The topological polar surface area (TPSA) is 59.8 Å². The first-order valence-corrected chi connectivity index (χ1v) is 10.7. The van der Waals surface area contributed by atoms with Crippen LogP contribution in [-0.4, -0.2) is 45.8 Å². The highest BCUT2D eigenvalue weighted by molar-refractivity contribution is 5.67. The van der Waals surface area contributed by atoms with E-state index in [9.17, 15) is 5.11 Å². The summed E-state index contributed by atoms with van der Waals surface area (Å²) in [6.07, 6.45) is 5.56. The summed E-state index contributed by atoms with van der Waals surface area (Å²) in [5, 5.41) is 14.8. The molecule has 0 spiro atoms. The number of ether oxygens (including phenoxy) is 2. The third-order valence-electron chi connectivity index (χ3n) is 6.00. The Bertz CT molecular complexity index is 1000. The predicted molar refractivity (Wildman–Crippen MR) is 114 cm³/mol. The zero-order valence-electron chi connectivity index (χ0n) is 17.0. The quantitative estimate of drug-likeness (QED) is 0.678. The van der Waals surface area contributed by atoms with E-state index >= 15 is 0 Å². The molecule has 0 radical (unpaired) electrons. The molecule has 1 atom stereocenters. The second-order valence-electron chi connectivity index (χ2n) is 8.06. The van der Waals surface area contributed by atoms with Gasteiger partial charge in [-0.1, -0.05) is 36.8 Å². The third kappa shape index (κ3) is 3.93. The van der Waals surface area contributed by atoms with Crippen molar-refractivity contribution in [1.29, 1.82) is 0 Å². The Labute approximate surface area is 176 Å². The summed E-state index contributed by atoms with van der Waals surface area (Å²) in [4.78, 5) is 2.39. The minimum absolute atomic E-state index is 0.206. The summed E-state index contributed by atoms with van der Waals surface area (Å²) in [6.45, 7) is 2.98. The molecule has 0 bridgehead atoms. The van der Waals surface area contributed by atoms with Gasteiger partial charge in [-0.15, -0.1) is 0 Å². The molecule has 156 valence electrons. The van der Waals surface area contributed by atoms with Crippen LogP contribution in [-0.2, 0) is 13.1 Å². The molecule has 1 fully saturated rings. The molecule has 0 amide bonds. The third-order valence-corrected chi connectivity index (χ3v) is 6.00. The van der Waals surface area contributed by atoms with E-state index in [0.717, 1.165) is 48.8 Å². The van der Waals surface area contributed by atoms with Crippen LogP contribution in [0.25, 0.3) is 11.3 Å². The molecule has 6 nitrogen and oxygen atoms in total. The maximum Gasteiger partial charge on any atom is 0.231 e. The maximum atomic E-state index is 9.84. The van der Waals surface area contributed by atoms with E-state index in [-0.39, 0.29) is 19.4 Å². The number of likely N-dealkylation sites (tertiary alicyclic amines) is 1. The molecule has 5 rings (SSSR count). The normalized spacial score (nSPS) is 18.6. The number of aliphatic hydroxyl groups excluding tert-OH is 1. The van der Waals surface area contributed by atoms with Crippen LogP contribution < -0.4 is 9.47 Å². The Morgan fingerprint density at radius 2 is 1.87 bits per heavy atom. The van der Waals surface area contributed by atoms with Crippen molar-refractivity contribution < 1.29 is 14.6 Å². The lowest BCUT2D eigenvalue weighted by Gasteiger charge is -2.34. The maximum absolute atomic E-state index is 9.84. The Kier molecular flexibility index (Phi) is 5.43. The molecule has 1 N–H and O–H groups in total. The number of aliphatic hydroxyl groups is 1. The van der Waals surface area contributed by atoms with E-state index in [1.807, 2.05) is 28.9 Å². The van der Waals surface area contributed by atoms with Crippen LogP contribution in [0.3, 0.4) is 0 Å². The van der Waals surface area contributed by atoms with Crippen molar-refractivity contribution in [2.75, 3.05) is 19.9 Å². The van der Waals surface area contributed by atoms with Crippen LogP contribution in [0.5, 0.6) is 11.5 Å². The van der Waals surface area contributed by atoms with E-state index in [2.05, 4.69) is 35.4 Å². The van der Waals surface area contributed by atoms with Crippen molar-refractivity contribution in [2.45, 2.75) is 38.4 Å². The average Bonchev–Trinajstić information content (AvgIpc) is 3.41. The van der Waals surface area contributed by atoms with E-state index in [4.69, 9.17) is 14.6 Å². The molecule has 0 saturated carbocycles. The SMILES string of the molecule is OCC1CCCCN1Cc1cn(Cc2ccccc2)nc1-c1ccc2c(c1)OCO2. The van der Waals surface area contributed by atoms with Crippen LogP contribution >= 0.6 is 0 Å². The van der Waals surface area contributed by atoms with Gasteiger partial charge < -0.3 is 14.6 Å². The molecule has 1 aromatic heterocycles. The van der Waals surface area contributed by atoms with Gasteiger partial charge in [-0.2, -0.15) is 5.10 Å². The molecule has 0 aliphatic carbocycles. The highest BCUT2D eigenvalue weighted by Gasteiger charge is 2.24. The lowest BCUT2D eigenvalue weighted by molar-refractivity contribution is 0.0842. The number of rotatable bonds is 6. The molecule has 2 aliphatic rings. The molecule has 30 heavy (non-hydrogen) atoms. The molecule has 3 aromatic rings. The Morgan fingerprint density at radius 1 is 1.00 bits per heavy atom. The molecule has 3 heterocycles. The number of piperidine rings is 1. The molecule has 2 aromatic carbocycles. The average molecular weight is 405 g/mol. The first-order valence-electron chi connectivity index (χ1n) is 10.7. The Balaban J connectivity index is 1.48. The number of aromatic nitrogens is 2. The van der Waals surface area contributed by atoms with Crippen LogP contribution in [0.15, 0.2) is 54.7 Å². The van der Waals surface area contributed by atoms with Crippen molar-refractivity contribution in [2.24, 2.45) is 0 Å². The number of nitrogens with zero attached hydrogens (tertiary/aromatic N) is 3.